The maximum Gasteiger partial charge on any atom is 0.247 e. The van der Waals surface area contributed by atoms with Gasteiger partial charge in [-0.15, -0.1) is 0 Å². The molecular formula is C32H33N5O. The summed E-state index contributed by atoms with van der Waals surface area (Å²) in [5.74, 6) is 0.0642. The van der Waals surface area contributed by atoms with Gasteiger partial charge in [0.05, 0.1) is 11.2 Å². The minimum absolute atomic E-state index is 0.00161. The van der Waals surface area contributed by atoms with Crippen molar-refractivity contribution in [3.8, 4) is 0 Å². The quantitative estimate of drug-likeness (QED) is 0.372. The third-order valence-corrected chi connectivity index (χ3v) is 7.66. The Morgan fingerprint density at radius 3 is 2.47 bits per heavy atom. The number of fused-ring (bicyclic) bond motifs is 1. The van der Waals surface area contributed by atoms with Crippen LogP contribution in [0.25, 0.3) is 29.1 Å². The smallest absolute Gasteiger partial charge is 0.247 e. The van der Waals surface area contributed by atoms with Gasteiger partial charge in [0.15, 0.2) is 0 Å². The minimum atomic E-state index is 0.00161. The van der Waals surface area contributed by atoms with Gasteiger partial charge < -0.3 is 10.2 Å². The number of rotatable bonds is 6. The van der Waals surface area contributed by atoms with Crippen molar-refractivity contribution < 1.29 is 4.79 Å². The van der Waals surface area contributed by atoms with E-state index in [-0.39, 0.29) is 11.8 Å². The summed E-state index contributed by atoms with van der Waals surface area (Å²) in [6, 6.07) is 25.2. The van der Waals surface area contributed by atoms with Crippen LogP contribution in [0.5, 0.6) is 0 Å². The fourth-order valence-corrected chi connectivity index (χ4v) is 5.34. The fraction of sp³-hybridized carbons (Fsp3) is 0.250. The minimum Gasteiger partial charge on any atom is -0.351 e. The van der Waals surface area contributed by atoms with Crippen LogP contribution in [0, 0.1) is 0 Å². The molecule has 6 heteroatoms. The molecule has 2 N–H and O–H groups in total. The first-order chi connectivity index (χ1) is 18.6. The van der Waals surface area contributed by atoms with E-state index in [2.05, 4.69) is 99.1 Å². The molecule has 1 amide bonds. The number of benzene rings is 3. The third-order valence-electron chi connectivity index (χ3n) is 7.66. The van der Waals surface area contributed by atoms with E-state index in [1.54, 1.807) is 0 Å². The number of nitrogens with one attached hydrogen (secondary N) is 2. The van der Waals surface area contributed by atoms with E-state index in [1.807, 2.05) is 24.3 Å². The molecule has 1 unspecified atom stereocenters. The van der Waals surface area contributed by atoms with Crippen LogP contribution in [0.4, 0.5) is 0 Å². The Kier molecular flexibility index (Phi) is 6.90. The zero-order valence-electron chi connectivity index (χ0n) is 21.7. The first-order valence-corrected chi connectivity index (χ1v) is 13.3. The topological polar surface area (TPSA) is 64.3 Å². The van der Waals surface area contributed by atoms with Crippen LogP contribution in [-0.4, -0.2) is 65.7 Å². The summed E-state index contributed by atoms with van der Waals surface area (Å²) < 4.78 is 0. The number of H-pyrrole nitrogens is 1. The second-order valence-corrected chi connectivity index (χ2v) is 10.3. The van der Waals surface area contributed by atoms with Crippen molar-refractivity contribution in [3.63, 3.8) is 0 Å². The Labute approximate surface area is 223 Å². The van der Waals surface area contributed by atoms with Gasteiger partial charge in [-0.1, -0.05) is 66.7 Å². The van der Waals surface area contributed by atoms with Gasteiger partial charge in [0.25, 0.3) is 0 Å². The number of carbonyl (C=O) groups is 1. The Balaban J connectivity index is 1.16. The molecule has 6 nitrogen and oxygen atoms in total. The first kappa shape index (κ1) is 24.3. The molecule has 6 rings (SSSR count). The third kappa shape index (κ3) is 5.32. The molecular weight excluding hydrogens is 470 g/mol. The van der Waals surface area contributed by atoms with Crippen LogP contribution in [-0.2, 0) is 11.3 Å². The highest BCUT2D eigenvalue weighted by atomic mass is 16.2. The lowest BCUT2D eigenvalue weighted by molar-refractivity contribution is -0.116. The van der Waals surface area contributed by atoms with E-state index >= 15 is 0 Å². The summed E-state index contributed by atoms with van der Waals surface area (Å²) in [7, 11) is 2.19. The monoisotopic (exact) mass is 503 g/mol. The zero-order chi connectivity index (χ0) is 25.9. The molecule has 0 radical (unpaired) electrons. The summed E-state index contributed by atoms with van der Waals surface area (Å²) in [4.78, 5) is 17.5. The molecule has 38 heavy (non-hydrogen) atoms. The lowest BCUT2D eigenvalue weighted by atomic mass is 9.92. The number of piperazine rings is 1. The van der Waals surface area contributed by atoms with Gasteiger partial charge in [0, 0.05) is 56.1 Å². The molecule has 2 saturated heterocycles. The molecule has 0 bridgehead atoms. The number of likely N-dealkylation sites (N-methyl/N-ethyl adjacent to an activating group) is 1. The predicted octanol–water partition coefficient (Wildman–Crippen LogP) is 4.78. The standard InChI is InChI=1S/C32H33N5O/c1-36-15-17-37(18-16-36)22-24-9-7-23(8-10-24)12-14-30-27-13-11-25(20-31(27)35-34-30)19-28-29(21-33-32(28)38)26-5-3-2-4-6-26/h2-14,19-20,29H,15-18,21-22H2,1H3,(H,33,38)(H,34,35)/b14-12+,28-19?. The number of carbonyl (C=O) groups excluding carboxylic acids is 1. The molecule has 2 aliphatic heterocycles. The number of aromatic nitrogens is 2. The van der Waals surface area contributed by atoms with Crippen LogP contribution >= 0.6 is 0 Å². The molecule has 4 aromatic rings. The molecule has 0 aliphatic carbocycles. The highest BCUT2D eigenvalue weighted by molar-refractivity contribution is 6.02. The molecule has 2 aliphatic rings. The normalized spacial score (nSPS) is 20.1. The highest BCUT2D eigenvalue weighted by Crippen LogP contribution is 2.30. The SMILES string of the molecule is CN1CCN(Cc2ccc(/C=C/c3n[nH]c4cc(C=C5C(=O)NCC5c5ccccc5)ccc34)cc2)CC1. The van der Waals surface area contributed by atoms with Crippen molar-refractivity contribution in [3.05, 3.63) is 106 Å². The average Bonchev–Trinajstić information content (AvgIpc) is 3.53. The van der Waals surface area contributed by atoms with Gasteiger partial charge in [0.2, 0.25) is 5.91 Å². The second kappa shape index (κ2) is 10.8. The van der Waals surface area contributed by atoms with Gasteiger partial charge in [-0.25, -0.2) is 0 Å². The Hall–Kier alpha value is -4.00. The molecule has 1 atom stereocenters. The number of amides is 1. The summed E-state index contributed by atoms with van der Waals surface area (Å²) in [6.07, 6.45) is 6.17. The number of nitrogens with zero attached hydrogens (tertiary/aromatic N) is 3. The lowest BCUT2D eigenvalue weighted by Gasteiger charge is -2.32. The lowest BCUT2D eigenvalue weighted by Crippen LogP contribution is -2.43. The van der Waals surface area contributed by atoms with Crippen LogP contribution in [0.3, 0.4) is 0 Å². The Bertz CT molecular complexity index is 1480. The largest absolute Gasteiger partial charge is 0.351 e. The first-order valence-electron chi connectivity index (χ1n) is 13.3. The maximum absolute atomic E-state index is 12.6. The summed E-state index contributed by atoms with van der Waals surface area (Å²) >= 11 is 0. The van der Waals surface area contributed by atoms with Crippen LogP contribution in [0.2, 0.25) is 0 Å². The van der Waals surface area contributed by atoms with Gasteiger partial charge in [-0.05, 0) is 53.6 Å². The number of hydrogen-bond donors (Lipinski definition) is 2. The van der Waals surface area contributed by atoms with E-state index in [4.69, 9.17) is 0 Å². The number of aromatic amines is 1. The average molecular weight is 504 g/mol. The van der Waals surface area contributed by atoms with Gasteiger partial charge in [0.1, 0.15) is 0 Å². The molecule has 1 aromatic heterocycles. The molecule has 0 spiro atoms. The summed E-state index contributed by atoms with van der Waals surface area (Å²) in [5.41, 5.74) is 7.30. The van der Waals surface area contributed by atoms with Crippen LogP contribution < -0.4 is 5.32 Å². The van der Waals surface area contributed by atoms with Crippen LogP contribution in [0.1, 0.15) is 33.9 Å². The second-order valence-electron chi connectivity index (χ2n) is 10.3. The van der Waals surface area contributed by atoms with Crippen molar-refractivity contribution in [1.82, 2.24) is 25.3 Å². The van der Waals surface area contributed by atoms with E-state index in [0.29, 0.717) is 6.54 Å². The van der Waals surface area contributed by atoms with E-state index < -0.39 is 0 Å². The van der Waals surface area contributed by atoms with Gasteiger partial charge in [-0.2, -0.15) is 5.10 Å². The predicted molar refractivity (Wildman–Crippen MR) is 154 cm³/mol. The van der Waals surface area contributed by atoms with Crippen molar-refractivity contribution in [2.24, 2.45) is 0 Å². The maximum atomic E-state index is 12.6. The van der Waals surface area contributed by atoms with Gasteiger partial charge >= 0.3 is 0 Å². The molecule has 3 aromatic carbocycles. The van der Waals surface area contributed by atoms with Crippen molar-refractivity contribution in [2.45, 2.75) is 12.5 Å². The van der Waals surface area contributed by atoms with Gasteiger partial charge in [-0.3, -0.25) is 14.8 Å². The summed E-state index contributed by atoms with van der Waals surface area (Å²) in [5, 5.41) is 11.8. The van der Waals surface area contributed by atoms with E-state index in [0.717, 1.165) is 71.6 Å². The van der Waals surface area contributed by atoms with Crippen LogP contribution in [0.15, 0.2) is 78.4 Å². The zero-order valence-corrected chi connectivity index (χ0v) is 21.7. The molecule has 2 fully saturated rings. The van der Waals surface area contributed by atoms with Crippen molar-refractivity contribution >= 4 is 35.0 Å². The molecule has 192 valence electrons. The molecule has 3 heterocycles. The number of hydrogen-bond acceptors (Lipinski definition) is 4. The summed E-state index contributed by atoms with van der Waals surface area (Å²) in [6.45, 7) is 6.18. The fourth-order valence-electron chi connectivity index (χ4n) is 5.34. The van der Waals surface area contributed by atoms with Crippen molar-refractivity contribution in [1.29, 1.82) is 0 Å². The molecule has 0 saturated carbocycles. The van der Waals surface area contributed by atoms with E-state index in [1.165, 1.54) is 5.56 Å². The highest BCUT2D eigenvalue weighted by Gasteiger charge is 2.29. The Morgan fingerprint density at radius 1 is 0.921 bits per heavy atom. The van der Waals surface area contributed by atoms with E-state index in [9.17, 15) is 4.79 Å². The van der Waals surface area contributed by atoms with Crippen molar-refractivity contribution in [2.75, 3.05) is 39.8 Å². The Morgan fingerprint density at radius 2 is 1.68 bits per heavy atom.